The standard InChI is InChI=1S/C46H74NO9P/c1-6-8-10-12-14-16-18-20-21-23-25-27-29-31-33-37-46(50)56-44(42-55-57(51,52)54-40-39-47(3,4)5)41-53-45(49)38-34-36-43(48)35-32-30-28-26-24-22-19-17-15-13-11-9-7-2/h8-11,14-17,20-22,24-25,27-28,30,32,35,43-44,48H,6-7,12-13,18-19,23,26,29,31,33-34,36-42H2,1-5H3/b10-8-,11-9-,16-14-,17-15-,21-20-,24-22-,27-25-,30-28-,35-32+/t43?,44-/m1/s1. The number of rotatable bonds is 35. The lowest BCUT2D eigenvalue weighted by Crippen LogP contribution is -2.37. The number of hydrogen-bond acceptors (Lipinski definition) is 9. The second kappa shape index (κ2) is 36.9. The van der Waals surface area contributed by atoms with Crippen LogP contribution in [0.15, 0.2) is 109 Å². The van der Waals surface area contributed by atoms with Gasteiger partial charge in [0, 0.05) is 12.8 Å². The van der Waals surface area contributed by atoms with E-state index in [1.807, 2.05) is 33.3 Å². The van der Waals surface area contributed by atoms with Crippen molar-refractivity contribution in [2.45, 2.75) is 122 Å². The summed E-state index contributed by atoms with van der Waals surface area (Å²) in [7, 11) is 1.01. The second-order valence-corrected chi connectivity index (χ2v) is 15.8. The zero-order valence-electron chi connectivity index (χ0n) is 35.6. The Hall–Kier alpha value is -3.37. The molecular weight excluding hydrogens is 741 g/mol. The number of esters is 2. The quantitative estimate of drug-likeness (QED) is 0.0166. The molecule has 3 atom stereocenters. The summed E-state index contributed by atoms with van der Waals surface area (Å²) in [5, 5.41) is 10.3. The van der Waals surface area contributed by atoms with Gasteiger partial charge in [-0.3, -0.25) is 14.2 Å². The van der Waals surface area contributed by atoms with Crippen LogP contribution in [0.5, 0.6) is 0 Å². The van der Waals surface area contributed by atoms with Crippen molar-refractivity contribution in [3.05, 3.63) is 109 Å². The second-order valence-electron chi connectivity index (χ2n) is 14.4. The van der Waals surface area contributed by atoms with Gasteiger partial charge in [-0.05, 0) is 83.5 Å². The van der Waals surface area contributed by atoms with Gasteiger partial charge >= 0.3 is 11.9 Å². The van der Waals surface area contributed by atoms with Crippen LogP contribution in [0.2, 0.25) is 0 Å². The van der Waals surface area contributed by atoms with Crippen LogP contribution >= 0.6 is 7.82 Å². The number of phosphoric acid groups is 1. The highest BCUT2D eigenvalue weighted by molar-refractivity contribution is 7.45. The number of unbranched alkanes of at least 4 members (excludes halogenated alkanes) is 2. The number of quaternary nitrogens is 1. The third-order valence-corrected chi connectivity index (χ3v) is 8.86. The third kappa shape index (κ3) is 40.6. The molecule has 57 heavy (non-hydrogen) atoms. The number of aliphatic hydroxyl groups excluding tert-OH is 1. The van der Waals surface area contributed by atoms with Crippen molar-refractivity contribution in [1.29, 1.82) is 0 Å². The molecular formula is C46H74NO9P. The first-order valence-corrected chi connectivity index (χ1v) is 22.2. The first kappa shape index (κ1) is 53.6. The van der Waals surface area contributed by atoms with E-state index < -0.39 is 38.6 Å². The molecule has 0 aromatic rings. The van der Waals surface area contributed by atoms with Crippen LogP contribution < -0.4 is 4.89 Å². The Kier molecular flexibility index (Phi) is 34.8. The van der Waals surface area contributed by atoms with E-state index in [1.54, 1.807) is 12.2 Å². The van der Waals surface area contributed by atoms with Gasteiger partial charge in [-0.1, -0.05) is 123 Å². The minimum absolute atomic E-state index is 0.0297. The topological polar surface area (TPSA) is 131 Å². The van der Waals surface area contributed by atoms with Crippen LogP contribution in [-0.4, -0.2) is 81.2 Å². The fourth-order valence-electron chi connectivity index (χ4n) is 4.67. The molecule has 1 N–H and O–H groups in total. The van der Waals surface area contributed by atoms with E-state index in [-0.39, 0.29) is 26.1 Å². The summed E-state index contributed by atoms with van der Waals surface area (Å²) < 4.78 is 33.6. The number of hydrogen-bond donors (Lipinski definition) is 1. The van der Waals surface area contributed by atoms with Crippen LogP contribution in [0.25, 0.3) is 0 Å². The Morgan fingerprint density at radius 3 is 1.70 bits per heavy atom. The fourth-order valence-corrected chi connectivity index (χ4v) is 5.40. The number of nitrogens with zero attached hydrogens (tertiary/aromatic N) is 1. The highest BCUT2D eigenvalue weighted by atomic mass is 31.2. The molecule has 0 aromatic carbocycles. The van der Waals surface area contributed by atoms with Crippen molar-refractivity contribution >= 4 is 19.8 Å². The van der Waals surface area contributed by atoms with Gasteiger partial charge in [0.05, 0.1) is 33.9 Å². The Bertz CT molecular complexity index is 1350. The molecule has 11 heteroatoms. The fraction of sp³-hybridized carbons (Fsp3) is 0.565. The highest BCUT2D eigenvalue weighted by Crippen LogP contribution is 2.38. The number of carbonyl (C=O) groups excluding carboxylic acids is 2. The smallest absolute Gasteiger partial charge is 0.306 e. The molecule has 0 spiro atoms. The first-order valence-electron chi connectivity index (χ1n) is 20.7. The maximum atomic E-state index is 12.6. The molecule has 0 aliphatic heterocycles. The Balaban J connectivity index is 4.69. The SMILES string of the molecule is CC/C=C\C/C=C\C/C=C\C/C=C\C=C\C(O)CCCC(=O)OC[C@H](COP(=O)([O-])OCC[N+](C)(C)C)OC(=O)CCCC/C=C\C/C=C\C/C=C\C/C=C\CC. The Morgan fingerprint density at radius 1 is 0.649 bits per heavy atom. The molecule has 322 valence electrons. The lowest BCUT2D eigenvalue weighted by molar-refractivity contribution is -0.870. The van der Waals surface area contributed by atoms with E-state index in [1.165, 1.54) is 0 Å². The van der Waals surface area contributed by atoms with Crippen molar-refractivity contribution in [3.63, 3.8) is 0 Å². The van der Waals surface area contributed by atoms with Crippen molar-refractivity contribution in [3.8, 4) is 0 Å². The van der Waals surface area contributed by atoms with Gasteiger partial charge in [0.1, 0.15) is 19.8 Å². The number of aliphatic hydroxyl groups is 1. The average molecular weight is 816 g/mol. The first-order chi connectivity index (χ1) is 27.4. The van der Waals surface area contributed by atoms with Crippen molar-refractivity contribution in [2.75, 3.05) is 47.5 Å². The van der Waals surface area contributed by atoms with E-state index in [9.17, 15) is 24.2 Å². The Labute approximate surface area is 345 Å². The van der Waals surface area contributed by atoms with Gasteiger partial charge in [0.15, 0.2) is 6.10 Å². The molecule has 2 unspecified atom stereocenters. The zero-order chi connectivity index (χ0) is 42.3. The van der Waals surface area contributed by atoms with Crippen molar-refractivity contribution < 1.29 is 47.2 Å². The average Bonchev–Trinajstić information content (AvgIpc) is 3.15. The van der Waals surface area contributed by atoms with E-state index in [0.29, 0.717) is 30.3 Å². The maximum absolute atomic E-state index is 12.6. The summed E-state index contributed by atoms with van der Waals surface area (Å²) in [6, 6.07) is 0. The Morgan fingerprint density at radius 2 is 1.16 bits per heavy atom. The molecule has 0 aliphatic carbocycles. The molecule has 0 rings (SSSR count). The van der Waals surface area contributed by atoms with Gasteiger partial charge < -0.3 is 33.0 Å². The predicted octanol–water partition coefficient (Wildman–Crippen LogP) is 9.91. The molecule has 0 bridgehead atoms. The molecule has 0 aromatic heterocycles. The summed E-state index contributed by atoms with van der Waals surface area (Å²) in [4.78, 5) is 37.5. The molecule has 0 fully saturated rings. The maximum Gasteiger partial charge on any atom is 0.306 e. The van der Waals surface area contributed by atoms with Crippen molar-refractivity contribution in [2.24, 2.45) is 0 Å². The van der Waals surface area contributed by atoms with Gasteiger partial charge in [-0.2, -0.15) is 0 Å². The van der Waals surface area contributed by atoms with Crippen molar-refractivity contribution in [1.82, 2.24) is 0 Å². The minimum atomic E-state index is -4.69. The summed E-state index contributed by atoms with van der Waals surface area (Å²) in [6.07, 6.45) is 45.9. The summed E-state index contributed by atoms with van der Waals surface area (Å²) in [6.45, 7) is 3.67. The molecule has 0 aliphatic rings. The number of phosphoric ester groups is 1. The largest absolute Gasteiger partial charge is 0.756 e. The van der Waals surface area contributed by atoms with Crippen LogP contribution in [-0.2, 0) is 32.7 Å². The monoisotopic (exact) mass is 816 g/mol. The molecule has 0 saturated carbocycles. The van der Waals surface area contributed by atoms with Crippen LogP contribution in [0.1, 0.15) is 110 Å². The predicted molar refractivity (Wildman–Crippen MR) is 232 cm³/mol. The van der Waals surface area contributed by atoms with Gasteiger partial charge in [0.2, 0.25) is 0 Å². The van der Waals surface area contributed by atoms with E-state index >= 15 is 0 Å². The lowest BCUT2D eigenvalue weighted by atomic mass is 10.1. The van der Waals surface area contributed by atoms with Gasteiger partial charge in [-0.15, -0.1) is 0 Å². The normalized spacial score (nSPS) is 15.3. The summed E-state index contributed by atoms with van der Waals surface area (Å²) in [5.41, 5.74) is 0. The lowest BCUT2D eigenvalue weighted by Gasteiger charge is -2.28. The van der Waals surface area contributed by atoms with Gasteiger partial charge in [-0.25, -0.2) is 0 Å². The highest BCUT2D eigenvalue weighted by Gasteiger charge is 2.21. The number of allylic oxidation sites excluding steroid dienone is 17. The van der Waals surface area contributed by atoms with E-state index in [0.717, 1.165) is 64.2 Å². The van der Waals surface area contributed by atoms with E-state index in [2.05, 4.69) is 98.9 Å². The van der Waals surface area contributed by atoms with Crippen LogP contribution in [0.3, 0.4) is 0 Å². The van der Waals surface area contributed by atoms with Gasteiger partial charge in [0.25, 0.3) is 7.82 Å². The van der Waals surface area contributed by atoms with Crippen LogP contribution in [0, 0.1) is 0 Å². The van der Waals surface area contributed by atoms with Crippen LogP contribution in [0.4, 0.5) is 0 Å². The number of likely N-dealkylation sites (N-methyl/N-ethyl adjacent to an activating group) is 1. The number of carbonyl (C=O) groups is 2. The summed E-state index contributed by atoms with van der Waals surface area (Å²) in [5.74, 6) is -1.10. The molecule has 0 radical (unpaired) electrons. The van der Waals surface area contributed by atoms with E-state index in [4.69, 9.17) is 18.5 Å². The molecule has 0 amide bonds. The molecule has 0 saturated heterocycles. The minimum Gasteiger partial charge on any atom is -0.756 e. The number of ether oxygens (including phenoxy) is 2. The zero-order valence-corrected chi connectivity index (χ0v) is 36.5. The summed E-state index contributed by atoms with van der Waals surface area (Å²) >= 11 is 0. The molecule has 0 heterocycles. The molecule has 10 nitrogen and oxygen atoms in total. The third-order valence-electron chi connectivity index (χ3n) is 7.89.